The van der Waals surface area contributed by atoms with Crippen LogP contribution in [0, 0.1) is 5.92 Å². The minimum absolute atomic E-state index is 0. The van der Waals surface area contributed by atoms with Gasteiger partial charge in [-0.25, -0.2) is 0 Å². The second-order valence-electron chi connectivity index (χ2n) is 7.62. The summed E-state index contributed by atoms with van der Waals surface area (Å²) in [6, 6.07) is 8.85. The van der Waals surface area contributed by atoms with Crippen LogP contribution in [0.1, 0.15) is 39.0 Å². The largest absolute Gasteiger partial charge is 0.492 e. The van der Waals surface area contributed by atoms with Crippen LogP contribution < -0.4 is 20.3 Å². The molecule has 2 N–H and O–H groups in total. The Morgan fingerprint density at radius 2 is 1.96 bits per heavy atom. The standard InChI is InChI=1S/C20H27N3O3.ClH/c1-2-26-18-6-4-3-5-17(18)23-12-13(9-19(23)24)20(25)22-16-10-14-7-8-15(11-16)21-14;/h3-6,13-16,21H,2,7-12H2,1H3,(H,22,25);1H. The Morgan fingerprint density at radius 1 is 1.26 bits per heavy atom. The van der Waals surface area contributed by atoms with E-state index >= 15 is 0 Å². The van der Waals surface area contributed by atoms with Crippen molar-refractivity contribution in [1.29, 1.82) is 0 Å². The third kappa shape index (κ3) is 4.22. The molecule has 3 heterocycles. The number of amides is 2. The second kappa shape index (κ2) is 8.48. The molecule has 1 aromatic carbocycles. The third-order valence-corrected chi connectivity index (χ3v) is 5.77. The van der Waals surface area contributed by atoms with Gasteiger partial charge in [0.2, 0.25) is 11.8 Å². The van der Waals surface area contributed by atoms with Gasteiger partial charge in [0.05, 0.1) is 18.2 Å². The first kappa shape index (κ1) is 20.0. The van der Waals surface area contributed by atoms with Crippen molar-refractivity contribution in [2.24, 2.45) is 5.92 Å². The van der Waals surface area contributed by atoms with E-state index in [1.807, 2.05) is 31.2 Å². The number of halogens is 1. The molecule has 0 aromatic heterocycles. The summed E-state index contributed by atoms with van der Waals surface area (Å²) in [6.07, 6.45) is 4.69. The van der Waals surface area contributed by atoms with E-state index in [2.05, 4.69) is 10.6 Å². The maximum absolute atomic E-state index is 12.7. The molecule has 148 valence electrons. The van der Waals surface area contributed by atoms with Gasteiger partial charge in [-0.1, -0.05) is 12.1 Å². The average Bonchev–Trinajstić information content (AvgIpc) is 3.18. The monoisotopic (exact) mass is 393 g/mol. The Morgan fingerprint density at radius 3 is 2.67 bits per heavy atom. The van der Waals surface area contributed by atoms with Crippen molar-refractivity contribution in [2.75, 3.05) is 18.1 Å². The molecule has 3 saturated heterocycles. The van der Waals surface area contributed by atoms with Gasteiger partial charge in [0.25, 0.3) is 0 Å². The minimum atomic E-state index is -0.287. The zero-order chi connectivity index (χ0) is 18.1. The first-order valence-corrected chi connectivity index (χ1v) is 9.72. The normalized spacial score (nSPS) is 29.4. The van der Waals surface area contributed by atoms with Gasteiger partial charge in [0.15, 0.2) is 0 Å². The predicted molar refractivity (Wildman–Crippen MR) is 106 cm³/mol. The van der Waals surface area contributed by atoms with Gasteiger partial charge in [-0.3, -0.25) is 9.59 Å². The number of rotatable bonds is 5. The number of nitrogens with one attached hydrogen (secondary N) is 2. The minimum Gasteiger partial charge on any atom is -0.492 e. The highest BCUT2D eigenvalue weighted by atomic mass is 35.5. The molecule has 4 rings (SSSR count). The molecule has 3 fully saturated rings. The number of piperidine rings is 1. The van der Waals surface area contributed by atoms with Gasteiger partial charge in [-0.15, -0.1) is 12.4 Å². The first-order chi connectivity index (χ1) is 12.6. The van der Waals surface area contributed by atoms with Crippen LogP contribution >= 0.6 is 12.4 Å². The molecule has 0 radical (unpaired) electrons. The highest BCUT2D eigenvalue weighted by Gasteiger charge is 2.39. The van der Waals surface area contributed by atoms with Crippen molar-refractivity contribution in [3.63, 3.8) is 0 Å². The summed E-state index contributed by atoms with van der Waals surface area (Å²) in [5, 5.41) is 6.79. The lowest BCUT2D eigenvalue weighted by Gasteiger charge is -2.30. The van der Waals surface area contributed by atoms with Crippen molar-refractivity contribution in [2.45, 2.75) is 57.2 Å². The second-order valence-corrected chi connectivity index (χ2v) is 7.62. The number of carbonyl (C=O) groups excluding carboxylic acids is 2. The number of hydrogen-bond donors (Lipinski definition) is 2. The SMILES string of the molecule is CCOc1ccccc1N1CC(C(=O)NC2CC3CCC(C2)N3)CC1=O.Cl. The number of fused-ring (bicyclic) bond motifs is 2. The Hall–Kier alpha value is -1.79. The number of carbonyl (C=O) groups is 2. The molecule has 0 aliphatic carbocycles. The van der Waals surface area contributed by atoms with Crippen molar-refractivity contribution in [3.05, 3.63) is 24.3 Å². The van der Waals surface area contributed by atoms with E-state index < -0.39 is 0 Å². The van der Waals surface area contributed by atoms with E-state index in [0.29, 0.717) is 31.0 Å². The van der Waals surface area contributed by atoms with E-state index in [-0.39, 0.29) is 42.6 Å². The summed E-state index contributed by atoms with van der Waals surface area (Å²) in [6.45, 7) is 2.89. The smallest absolute Gasteiger partial charge is 0.227 e. The van der Waals surface area contributed by atoms with Crippen LogP contribution in [0.5, 0.6) is 5.75 Å². The molecule has 7 heteroatoms. The van der Waals surface area contributed by atoms with Crippen LogP contribution in [0.4, 0.5) is 5.69 Å². The van der Waals surface area contributed by atoms with E-state index in [1.165, 1.54) is 12.8 Å². The quantitative estimate of drug-likeness (QED) is 0.805. The van der Waals surface area contributed by atoms with Crippen LogP contribution in [0.3, 0.4) is 0 Å². The van der Waals surface area contributed by atoms with Gasteiger partial charge in [0, 0.05) is 31.1 Å². The summed E-state index contributed by atoms with van der Waals surface area (Å²) in [5.74, 6) is 0.410. The van der Waals surface area contributed by atoms with Crippen LogP contribution in [0.15, 0.2) is 24.3 Å². The molecule has 3 atom stereocenters. The van der Waals surface area contributed by atoms with Crippen molar-refractivity contribution >= 4 is 29.9 Å². The summed E-state index contributed by atoms with van der Waals surface area (Å²) < 4.78 is 5.64. The van der Waals surface area contributed by atoms with E-state index in [1.54, 1.807) is 4.90 Å². The Kier molecular flexibility index (Phi) is 6.27. The molecule has 3 aliphatic heterocycles. The molecule has 3 unspecified atom stereocenters. The predicted octanol–water partition coefficient (Wildman–Crippen LogP) is 2.26. The molecule has 3 aliphatic rings. The zero-order valence-corrected chi connectivity index (χ0v) is 16.5. The van der Waals surface area contributed by atoms with E-state index in [9.17, 15) is 9.59 Å². The summed E-state index contributed by atoms with van der Waals surface area (Å²) >= 11 is 0. The summed E-state index contributed by atoms with van der Waals surface area (Å²) in [7, 11) is 0. The topological polar surface area (TPSA) is 70.7 Å². The molecule has 1 aromatic rings. The fourth-order valence-corrected chi connectivity index (χ4v) is 4.57. The zero-order valence-electron chi connectivity index (χ0n) is 15.6. The Labute approximate surface area is 166 Å². The lowest BCUT2D eigenvalue weighted by atomic mass is 9.98. The van der Waals surface area contributed by atoms with Gasteiger partial charge < -0.3 is 20.3 Å². The summed E-state index contributed by atoms with van der Waals surface area (Å²) in [5.41, 5.74) is 0.759. The molecule has 0 spiro atoms. The van der Waals surface area contributed by atoms with Crippen LogP contribution in [-0.4, -0.2) is 43.1 Å². The highest BCUT2D eigenvalue weighted by molar-refractivity contribution is 6.01. The third-order valence-electron chi connectivity index (χ3n) is 5.77. The van der Waals surface area contributed by atoms with Crippen molar-refractivity contribution in [1.82, 2.24) is 10.6 Å². The Balaban J connectivity index is 0.00000210. The summed E-state index contributed by atoms with van der Waals surface area (Å²) in [4.78, 5) is 27.0. The number of ether oxygens (including phenoxy) is 1. The molecule has 0 saturated carbocycles. The van der Waals surface area contributed by atoms with Gasteiger partial charge in [0.1, 0.15) is 5.75 Å². The molecule has 6 nitrogen and oxygen atoms in total. The van der Waals surface area contributed by atoms with Crippen LogP contribution in [-0.2, 0) is 9.59 Å². The number of hydrogen-bond acceptors (Lipinski definition) is 4. The van der Waals surface area contributed by atoms with Crippen molar-refractivity contribution < 1.29 is 14.3 Å². The molecule has 2 amide bonds. The molecule has 2 bridgehead atoms. The van der Waals surface area contributed by atoms with Gasteiger partial charge in [-0.05, 0) is 44.7 Å². The maximum Gasteiger partial charge on any atom is 0.227 e. The van der Waals surface area contributed by atoms with Crippen molar-refractivity contribution in [3.8, 4) is 5.75 Å². The number of para-hydroxylation sites is 2. The Bertz CT molecular complexity index is 687. The molecular formula is C20H28ClN3O3. The lowest BCUT2D eigenvalue weighted by molar-refractivity contribution is -0.127. The fraction of sp³-hybridized carbons (Fsp3) is 0.600. The lowest BCUT2D eigenvalue weighted by Crippen LogP contribution is -2.49. The van der Waals surface area contributed by atoms with E-state index in [0.717, 1.165) is 18.5 Å². The van der Waals surface area contributed by atoms with Gasteiger partial charge >= 0.3 is 0 Å². The van der Waals surface area contributed by atoms with E-state index in [4.69, 9.17) is 4.74 Å². The average molecular weight is 394 g/mol. The first-order valence-electron chi connectivity index (χ1n) is 9.72. The molecule has 27 heavy (non-hydrogen) atoms. The number of nitrogens with zero attached hydrogens (tertiary/aromatic N) is 1. The fourth-order valence-electron chi connectivity index (χ4n) is 4.57. The number of anilines is 1. The van der Waals surface area contributed by atoms with Gasteiger partial charge in [-0.2, -0.15) is 0 Å². The highest BCUT2D eigenvalue weighted by Crippen LogP contribution is 2.33. The molecular weight excluding hydrogens is 366 g/mol. The van der Waals surface area contributed by atoms with Crippen LogP contribution in [0.2, 0.25) is 0 Å². The number of benzene rings is 1. The van der Waals surface area contributed by atoms with Crippen LogP contribution in [0.25, 0.3) is 0 Å². The maximum atomic E-state index is 12.7.